The van der Waals surface area contributed by atoms with E-state index in [2.05, 4.69) is 41.2 Å². The van der Waals surface area contributed by atoms with E-state index < -0.39 is 0 Å². The Labute approximate surface area is 117 Å². The van der Waals surface area contributed by atoms with Gasteiger partial charge in [-0.2, -0.15) is 0 Å². The average molecular weight is 261 g/mol. The second kappa shape index (κ2) is 7.49. The van der Waals surface area contributed by atoms with Crippen LogP contribution >= 0.6 is 0 Å². The summed E-state index contributed by atoms with van der Waals surface area (Å²) in [4.78, 5) is 7.05. The van der Waals surface area contributed by atoms with E-state index in [4.69, 9.17) is 0 Å². The molecule has 0 radical (unpaired) electrons. The van der Waals surface area contributed by atoms with Gasteiger partial charge in [0.05, 0.1) is 5.69 Å². The normalized spacial score (nSPS) is 19.7. The van der Waals surface area contributed by atoms with Gasteiger partial charge in [0, 0.05) is 31.0 Å². The second-order valence-corrected chi connectivity index (χ2v) is 5.42. The van der Waals surface area contributed by atoms with Crippen LogP contribution in [0.15, 0.2) is 18.3 Å². The fraction of sp³-hybridized carbons (Fsp3) is 0.688. The maximum atomic E-state index is 4.45. The van der Waals surface area contributed by atoms with Gasteiger partial charge >= 0.3 is 0 Å². The first-order valence-electron chi connectivity index (χ1n) is 7.77. The third kappa shape index (κ3) is 3.93. The topological polar surface area (TPSA) is 28.2 Å². The highest BCUT2D eigenvalue weighted by Crippen LogP contribution is 2.27. The van der Waals surface area contributed by atoms with Crippen LogP contribution in [0.5, 0.6) is 0 Å². The molecule has 0 aromatic carbocycles. The van der Waals surface area contributed by atoms with Crippen LogP contribution in [-0.2, 0) is 6.54 Å². The summed E-state index contributed by atoms with van der Waals surface area (Å²) >= 11 is 0. The summed E-state index contributed by atoms with van der Waals surface area (Å²) in [7, 11) is 0. The van der Waals surface area contributed by atoms with Gasteiger partial charge in [-0.05, 0) is 44.4 Å². The van der Waals surface area contributed by atoms with Gasteiger partial charge in [0.25, 0.3) is 0 Å². The van der Waals surface area contributed by atoms with Crippen molar-refractivity contribution >= 4 is 5.69 Å². The van der Waals surface area contributed by atoms with Crippen molar-refractivity contribution in [2.45, 2.75) is 58.5 Å². The van der Waals surface area contributed by atoms with Crippen molar-refractivity contribution in [3.63, 3.8) is 0 Å². The fourth-order valence-corrected chi connectivity index (χ4v) is 2.97. The van der Waals surface area contributed by atoms with E-state index in [0.29, 0.717) is 0 Å². The van der Waals surface area contributed by atoms with Crippen LogP contribution in [0.3, 0.4) is 0 Å². The molecule has 1 aromatic rings. The molecular formula is C16H27N3. The van der Waals surface area contributed by atoms with Crippen LogP contribution in [0.25, 0.3) is 0 Å². The summed E-state index contributed by atoms with van der Waals surface area (Å²) in [5.41, 5.74) is 2.52. The zero-order chi connectivity index (χ0) is 13.5. The van der Waals surface area contributed by atoms with Gasteiger partial charge in [-0.25, -0.2) is 0 Å². The highest BCUT2D eigenvalue weighted by molar-refractivity contribution is 5.48. The number of piperidine rings is 1. The highest BCUT2D eigenvalue weighted by Gasteiger charge is 2.21. The Hall–Kier alpha value is -1.09. The molecule has 2 rings (SSSR count). The molecule has 1 N–H and O–H groups in total. The first-order valence-corrected chi connectivity index (χ1v) is 7.77. The number of aromatic nitrogens is 1. The Morgan fingerprint density at radius 3 is 3.05 bits per heavy atom. The Bertz CT molecular complexity index is 376. The van der Waals surface area contributed by atoms with Crippen LogP contribution in [-0.4, -0.2) is 24.1 Å². The monoisotopic (exact) mass is 261 g/mol. The molecule has 1 aliphatic rings. The highest BCUT2D eigenvalue weighted by atomic mass is 15.2. The molecule has 1 fully saturated rings. The number of nitrogens with one attached hydrogen (secondary N) is 1. The van der Waals surface area contributed by atoms with Crippen molar-refractivity contribution in [3.05, 3.63) is 24.0 Å². The molecule has 3 nitrogen and oxygen atoms in total. The molecule has 1 atom stereocenters. The minimum Gasteiger partial charge on any atom is -0.368 e. The fourth-order valence-electron chi connectivity index (χ4n) is 2.97. The van der Waals surface area contributed by atoms with Crippen molar-refractivity contribution in [3.8, 4) is 0 Å². The standard InChI is InChI=1S/C16H27N3/c1-3-7-15-8-5-6-11-19(15)16-9-10-18-14(12-16)13-17-4-2/h9-10,12,15,17H,3-8,11,13H2,1-2H3. The first kappa shape index (κ1) is 14.3. The van der Waals surface area contributed by atoms with Gasteiger partial charge in [0.15, 0.2) is 0 Å². The minimum atomic E-state index is 0.730. The van der Waals surface area contributed by atoms with Crippen molar-refractivity contribution in [2.24, 2.45) is 0 Å². The van der Waals surface area contributed by atoms with Crippen molar-refractivity contribution < 1.29 is 0 Å². The van der Waals surface area contributed by atoms with Crippen LogP contribution in [0.4, 0.5) is 5.69 Å². The van der Waals surface area contributed by atoms with Crippen LogP contribution in [0.1, 0.15) is 51.6 Å². The molecule has 19 heavy (non-hydrogen) atoms. The Morgan fingerprint density at radius 1 is 1.37 bits per heavy atom. The number of rotatable bonds is 6. The summed E-state index contributed by atoms with van der Waals surface area (Å²) in [5, 5.41) is 3.35. The van der Waals surface area contributed by atoms with Gasteiger partial charge in [0.2, 0.25) is 0 Å². The lowest BCUT2D eigenvalue weighted by atomic mass is 9.97. The van der Waals surface area contributed by atoms with E-state index in [-0.39, 0.29) is 0 Å². The zero-order valence-corrected chi connectivity index (χ0v) is 12.4. The summed E-state index contributed by atoms with van der Waals surface area (Å²) < 4.78 is 0. The van der Waals surface area contributed by atoms with Crippen LogP contribution in [0.2, 0.25) is 0 Å². The second-order valence-electron chi connectivity index (χ2n) is 5.42. The average Bonchev–Trinajstić information content (AvgIpc) is 2.46. The predicted molar refractivity (Wildman–Crippen MR) is 81.5 cm³/mol. The molecule has 0 spiro atoms. The number of pyridine rings is 1. The molecule has 3 heteroatoms. The zero-order valence-electron chi connectivity index (χ0n) is 12.4. The minimum absolute atomic E-state index is 0.730. The van der Waals surface area contributed by atoms with Crippen LogP contribution < -0.4 is 10.2 Å². The molecule has 0 aliphatic carbocycles. The van der Waals surface area contributed by atoms with E-state index in [1.54, 1.807) is 0 Å². The maximum absolute atomic E-state index is 4.45. The molecule has 0 amide bonds. The molecule has 106 valence electrons. The smallest absolute Gasteiger partial charge is 0.0562 e. The predicted octanol–water partition coefficient (Wildman–Crippen LogP) is 3.35. The van der Waals surface area contributed by atoms with Gasteiger partial charge in [-0.15, -0.1) is 0 Å². The lowest BCUT2D eigenvalue weighted by Crippen LogP contribution is -2.39. The van der Waals surface area contributed by atoms with Gasteiger partial charge in [0.1, 0.15) is 0 Å². The Morgan fingerprint density at radius 2 is 2.26 bits per heavy atom. The van der Waals surface area contributed by atoms with Crippen molar-refractivity contribution in [2.75, 3.05) is 18.0 Å². The summed E-state index contributed by atoms with van der Waals surface area (Å²) in [6.07, 6.45) is 8.60. The molecule has 0 saturated carbocycles. The molecule has 1 saturated heterocycles. The van der Waals surface area contributed by atoms with Gasteiger partial charge in [-0.1, -0.05) is 20.3 Å². The van der Waals surface area contributed by atoms with Crippen LogP contribution in [0, 0.1) is 0 Å². The number of hydrogen-bond acceptors (Lipinski definition) is 3. The van der Waals surface area contributed by atoms with Gasteiger partial charge in [-0.3, -0.25) is 4.98 Å². The van der Waals surface area contributed by atoms with E-state index in [0.717, 1.165) is 24.8 Å². The molecule has 1 unspecified atom stereocenters. The first-order chi connectivity index (χ1) is 9.35. The van der Waals surface area contributed by atoms with E-state index in [1.165, 1.54) is 44.3 Å². The van der Waals surface area contributed by atoms with E-state index in [1.807, 2.05) is 6.20 Å². The largest absolute Gasteiger partial charge is 0.368 e. The van der Waals surface area contributed by atoms with Crippen molar-refractivity contribution in [1.29, 1.82) is 0 Å². The van der Waals surface area contributed by atoms with E-state index >= 15 is 0 Å². The van der Waals surface area contributed by atoms with Gasteiger partial charge < -0.3 is 10.2 Å². The lowest BCUT2D eigenvalue weighted by Gasteiger charge is -2.37. The lowest BCUT2D eigenvalue weighted by molar-refractivity contribution is 0.434. The number of hydrogen-bond donors (Lipinski definition) is 1. The number of nitrogens with zero attached hydrogens (tertiary/aromatic N) is 2. The molecule has 1 aliphatic heterocycles. The van der Waals surface area contributed by atoms with E-state index in [9.17, 15) is 0 Å². The SMILES string of the molecule is CCCC1CCCCN1c1ccnc(CNCC)c1. The summed E-state index contributed by atoms with van der Waals surface area (Å²) in [6, 6.07) is 5.16. The maximum Gasteiger partial charge on any atom is 0.0562 e. The Balaban J connectivity index is 2.09. The summed E-state index contributed by atoms with van der Waals surface area (Å²) in [5.74, 6) is 0. The molecule has 2 heterocycles. The summed E-state index contributed by atoms with van der Waals surface area (Å²) in [6.45, 7) is 7.49. The third-order valence-electron chi connectivity index (χ3n) is 3.94. The molecular weight excluding hydrogens is 234 g/mol. The number of anilines is 1. The Kier molecular flexibility index (Phi) is 5.64. The van der Waals surface area contributed by atoms with Crippen molar-refractivity contribution in [1.82, 2.24) is 10.3 Å². The quantitative estimate of drug-likeness (QED) is 0.851. The molecule has 0 bridgehead atoms. The molecule has 1 aromatic heterocycles. The third-order valence-corrected chi connectivity index (χ3v) is 3.94.